The van der Waals surface area contributed by atoms with E-state index in [4.69, 9.17) is 0 Å². The number of rotatable bonds is 2. The first kappa shape index (κ1) is 11.8. The summed E-state index contributed by atoms with van der Waals surface area (Å²) in [6.45, 7) is 3.82. The fourth-order valence-corrected chi connectivity index (χ4v) is 3.22. The number of thiazole rings is 1. The van der Waals surface area contributed by atoms with E-state index in [2.05, 4.69) is 20.9 Å². The second kappa shape index (κ2) is 4.28. The zero-order valence-electron chi connectivity index (χ0n) is 9.07. The molecule has 2 nitrogen and oxygen atoms in total. The summed E-state index contributed by atoms with van der Waals surface area (Å²) >= 11 is 4.80. The van der Waals surface area contributed by atoms with Gasteiger partial charge in [-0.25, -0.2) is 4.98 Å². The standard InChI is InChI=1S/C12H12BrNOS/c1-8-3-5-9(6-4-8)12(2,15)10-11(13)14-7-16-10/h3-7,15H,1-2H3. The highest BCUT2D eigenvalue weighted by Gasteiger charge is 2.29. The molecule has 0 spiro atoms. The van der Waals surface area contributed by atoms with E-state index in [9.17, 15) is 5.11 Å². The van der Waals surface area contributed by atoms with E-state index in [1.54, 1.807) is 12.4 Å². The van der Waals surface area contributed by atoms with Crippen molar-refractivity contribution < 1.29 is 5.11 Å². The summed E-state index contributed by atoms with van der Waals surface area (Å²) in [6.07, 6.45) is 0. The molecule has 2 aromatic rings. The van der Waals surface area contributed by atoms with Crippen molar-refractivity contribution in [2.24, 2.45) is 0 Å². The summed E-state index contributed by atoms with van der Waals surface area (Å²) in [4.78, 5) is 4.93. The minimum absolute atomic E-state index is 0.711. The number of hydrogen-bond donors (Lipinski definition) is 1. The topological polar surface area (TPSA) is 33.1 Å². The monoisotopic (exact) mass is 297 g/mol. The number of halogens is 1. The van der Waals surface area contributed by atoms with Crippen LogP contribution in [0.3, 0.4) is 0 Å². The first-order valence-corrected chi connectivity index (χ1v) is 6.58. The zero-order valence-corrected chi connectivity index (χ0v) is 11.5. The lowest BCUT2D eigenvalue weighted by Gasteiger charge is -2.22. The van der Waals surface area contributed by atoms with Crippen molar-refractivity contribution in [3.05, 3.63) is 50.4 Å². The van der Waals surface area contributed by atoms with Gasteiger partial charge in [0.05, 0.1) is 10.4 Å². The molecular formula is C12H12BrNOS. The van der Waals surface area contributed by atoms with Gasteiger partial charge in [0.25, 0.3) is 0 Å². The number of nitrogens with zero attached hydrogens (tertiary/aromatic N) is 1. The molecule has 0 aliphatic rings. The number of aryl methyl sites for hydroxylation is 1. The highest BCUT2D eigenvalue weighted by Crippen LogP contribution is 2.36. The van der Waals surface area contributed by atoms with Gasteiger partial charge in [0.1, 0.15) is 10.2 Å². The van der Waals surface area contributed by atoms with Crippen molar-refractivity contribution in [2.75, 3.05) is 0 Å². The van der Waals surface area contributed by atoms with Crippen molar-refractivity contribution in [1.82, 2.24) is 4.98 Å². The van der Waals surface area contributed by atoms with Gasteiger partial charge in [0.15, 0.2) is 0 Å². The summed E-state index contributed by atoms with van der Waals surface area (Å²) in [6, 6.07) is 7.89. The lowest BCUT2D eigenvalue weighted by Crippen LogP contribution is -2.21. The van der Waals surface area contributed by atoms with Gasteiger partial charge < -0.3 is 5.11 Å². The molecule has 2 rings (SSSR count). The molecule has 1 atom stereocenters. The van der Waals surface area contributed by atoms with Gasteiger partial charge in [-0.15, -0.1) is 11.3 Å². The Hall–Kier alpha value is -0.710. The molecule has 1 aromatic carbocycles. The van der Waals surface area contributed by atoms with Crippen molar-refractivity contribution in [1.29, 1.82) is 0 Å². The molecule has 0 amide bonds. The smallest absolute Gasteiger partial charge is 0.124 e. The molecular weight excluding hydrogens is 286 g/mol. The Kier molecular flexibility index (Phi) is 3.15. The third-order valence-electron chi connectivity index (χ3n) is 2.58. The minimum atomic E-state index is -0.992. The Labute approximate surface area is 107 Å². The van der Waals surface area contributed by atoms with Crippen LogP contribution in [0.5, 0.6) is 0 Å². The summed E-state index contributed by atoms with van der Waals surface area (Å²) in [5, 5.41) is 10.6. The average molecular weight is 298 g/mol. The molecule has 0 aliphatic carbocycles. The van der Waals surface area contributed by atoms with E-state index in [-0.39, 0.29) is 0 Å². The average Bonchev–Trinajstić information content (AvgIpc) is 2.66. The summed E-state index contributed by atoms with van der Waals surface area (Å²) in [7, 11) is 0. The second-order valence-electron chi connectivity index (χ2n) is 3.91. The van der Waals surface area contributed by atoms with Crippen molar-refractivity contribution in [2.45, 2.75) is 19.4 Å². The molecule has 84 valence electrons. The van der Waals surface area contributed by atoms with Crippen LogP contribution in [0.1, 0.15) is 22.9 Å². The Bertz CT molecular complexity index is 490. The van der Waals surface area contributed by atoms with E-state index in [0.29, 0.717) is 4.60 Å². The Balaban J connectivity index is 2.46. The maximum absolute atomic E-state index is 10.6. The first-order valence-electron chi connectivity index (χ1n) is 4.91. The van der Waals surface area contributed by atoms with Crippen LogP contribution in [0.25, 0.3) is 0 Å². The molecule has 0 saturated carbocycles. The van der Waals surface area contributed by atoms with Crippen molar-refractivity contribution in [3.63, 3.8) is 0 Å². The first-order chi connectivity index (χ1) is 7.51. The van der Waals surface area contributed by atoms with Crippen LogP contribution in [0.4, 0.5) is 0 Å². The summed E-state index contributed by atoms with van der Waals surface area (Å²) < 4.78 is 0.711. The molecule has 0 bridgehead atoms. The SMILES string of the molecule is Cc1ccc(C(C)(O)c2scnc2Br)cc1. The number of aliphatic hydroxyl groups is 1. The molecule has 1 N–H and O–H groups in total. The highest BCUT2D eigenvalue weighted by molar-refractivity contribution is 9.10. The molecule has 4 heteroatoms. The van der Waals surface area contributed by atoms with E-state index in [1.807, 2.05) is 31.2 Å². The molecule has 1 aromatic heterocycles. The van der Waals surface area contributed by atoms with Crippen LogP contribution >= 0.6 is 27.3 Å². The van der Waals surface area contributed by atoms with Crippen LogP contribution in [0.2, 0.25) is 0 Å². The third-order valence-corrected chi connectivity index (χ3v) is 4.48. The Morgan fingerprint density at radius 1 is 1.31 bits per heavy atom. The van der Waals surface area contributed by atoms with Crippen LogP contribution in [0.15, 0.2) is 34.4 Å². The second-order valence-corrected chi connectivity index (χ2v) is 5.52. The number of hydrogen-bond acceptors (Lipinski definition) is 3. The highest BCUT2D eigenvalue weighted by atomic mass is 79.9. The quantitative estimate of drug-likeness (QED) is 0.921. The van der Waals surface area contributed by atoms with Crippen molar-refractivity contribution >= 4 is 27.3 Å². The van der Waals surface area contributed by atoms with Gasteiger partial charge >= 0.3 is 0 Å². The lowest BCUT2D eigenvalue weighted by atomic mass is 9.94. The lowest BCUT2D eigenvalue weighted by molar-refractivity contribution is 0.105. The third kappa shape index (κ3) is 2.05. The van der Waals surface area contributed by atoms with Gasteiger partial charge in [-0.3, -0.25) is 0 Å². The maximum Gasteiger partial charge on any atom is 0.124 e. The minimum Gasteiger partial charge on any atom is -0.380 e. The van der Waals surface area contributed by atoms with Crippen LogP contribution < -0.4 is 0 Å². The van der Waals surface area contributed by atoms with Gasteiger partial charge in [-0.2, -0.15) is 0 Å². The normalized spacial score (nSPS) is 14.8. The number of aromatic nitrogens is 1. The summed E-state index contributed by atoms with van der Waals surface area (Å²) in [5.74, 6) is 0. The molecule has 0 radical (unpaired) electrons. The van der Waals surface area contributed by atoms with E-state index >= 15 is 0 Å². The van der Waals surface area contributed by atoms with Crippen LogP contribution in [-0.4, -0.2) is 10.1 Å². The summed E-state index contributed by atoms with van der Waals surface area (Å²) in [5.41, 5.74) is 2.79. The fraction of sp³-hybridized carbons (Fsp3) is 0.250. The van der Waals surface area contributed by atoms with E-state index in [1.165, 1.54) is 16.9 Å². The number of benzene rings is 1. The van der Waals surface area contributed by atoms with Gasteiger partial charge in [0.2, 0.25) is 0 Å². The molecule has 16 heavy (non-hydrogen) atoms. The van der Waals surface area contributed by atoms with Crippen molar-refractivity contribution in [3.8, 4) is 0 Å². The van der Waals surface area contributed by atoms with Gasteiger partial charge in [0, 0.05) is 0 Å². The zero-order chi connectivity index (χ0) is 11.8. The predicted molar refractivity (Wildman–Crippen MR) is 69.7 cm³/mol. The fourth-order valence-electron chi connectivity index (χ4n) is 1.56. The molecule has 0 fully saturated rings. The van der Waals surface area contributed by atoms with Gasteiger partial charge in [-0.1, -0.05) is 29.8 Å². The van der Waals surface area contributed by atoms with Crippen LogP contribution in [-0.2, 0) is 5.60 Å². The maximum atomic E-state index is 10.6. The molecule has 0 aliphatic heterocycles. The Morgan fingerprint density at radius 3 is 2.44 bits per heavy atom. The van der Waals surface area contributed by atoms with E-state index < -0.39 is 5.60 Å². The van der Waals surface area contributed by atoms with E-state index in [0.717, 1.165) is 10.4 Å². The largest absolute Gasteiger partial charge is 0.380 e. The predicted octanol–water partition coefficient (Wildman–Crippen LogP) is 3.47. The molecule has 1 heterocycles. The molecule has 1 unspecified atom stereocenters. The van der Waals surface area contributed by atoms with Crippen LogP contribution in [0, 0.1) is 6.92 Å². The Morgan fingerprint density at radius 2 is 1.94 bits per heavy atom. The van der Waals surface area contributed by atoms with Gasteiger partial charge in [-0.05, 0) is 35.3 Å². The molecule has 0 saturated heterocycles.